The summed E-state index contributed by atoms with van der Waals surface area (Å²) in [4.78, 5) is 61.7. The number of fused-ring (bicyclic) bond motifs is 1. The van der Waals surface area contributed by atoms with Crippen LogP contribution in [0.5, 0.6) is 0 Å². The number of nitrogens with two attached hydrogens (primary N) is 3. The fourth-order valence-electron chi connectivity index (χ4n) is 2.99. The van der Waals surface area contributed by atoms with Crippen LogP contribution in [0.2, 0.25) is 0 Å². The van der Waals surface area contributed by atoms with E-state index in [0.29, 0.717) is 5.56 Å². The number of primary amides is 2. The van der Waals surface area contributed by atoms with Crippen molar-refractivity contribution >= 4 is 40.5 Å². The Morgan fingerprint density at radius 2 is 1.55 bits per heavy atom. The zero-order valence-corrected chi connectivity index (χ0v) is 16.5. The largest absolute Gasteiger partial charge is 0.480 e. The summed E-state index contributed by atoms with van der Waals surface area (Å²) in [5.41, 5.74) is 17.2. The van der Waals surface area contributed by atoms with Crippen molar-refractivity contribution in [1.82, 2.24) is 15.6 Å². The second kappa shape index (κ2) is 10.2. The van der Waals surface area contributed by atoms with Crippen LogP contribution < -0.4 is 27.8 Å². The first-order chi connectivity index (χ1) is 14.6. The first-order valence-corrected chi connectivity index (χ1v) is 9.29. The van der Waals surface area contributed by atoms with Crippen LogP contribution in [0, 0.1) is 0 Å². The summed E-state index contributed by atoms with van der Waals surface area (Å²) in [5.74, 6) is -4.87. The van der Waals surface area contributed by atoms with Crippen molar-refractivity contribution in [3.05, 3.63) is 36.0 Å². The number of aromatic amines is 1. The molecule has 0 unspecified atom stereocenters. The fourth-order valence-corrected chi connectivity index (χ4v) is 2.99. The van der Waals surface area contributed by atoms with Crippen molar-refractivity contribution in [3.8, 4) is 0 Å². The molecule has 0 aliphatic carbocycles. The number of aliphatic carboxylic acids is 1. The minimum atomic E-state index is -1.58. The third kappa shape index (κ3) is 6.54. The highest BCUT2D eigenvalue weighted by atomic mass is 16.4. The van der Waals surface area contributed by atoms with Gasteiger partial charge >= 0.3 is 5.97 Å². The fraction of sp³-hybridized carbons (Fsp3) is 0.316. The molecule has 12 heteroatoms. The molecule has 0 radical (unpaired) electrons. The van der Waals surface area contributed by atoms with Gasteiger partial charge in [-0.15, -0.1) is 0 Å². The molecule has 3 atom stereocenters. The number of carboxylic acid groups (broad SMARTS) is 1. The lowest BCUT2D eigenvalue weighted by atomic mass is 10.0. The zero-order valence-electron chi connectivity index (χ0n) is 16.5. The molecule has 0 aliphatic heterocycles. The molecule has 1 aromatic carbocycles. The van der Waals surface area contributed by atoms with E-state index >= 15 is 0 Å². The van der Waals surface area contributed by atoms with Gasteiger partial charge in [0.25, 0.3) is 0 Å². The molecule has 166 valence electrons. The Bertz CT molecular complexity index is 1000. The van der Waals surface area contributed by atoms with Gasteiger partial charge < -0.3 is 37.9 Å². The molecular weight excluding hydrogens is 408 g/mol. The minimum absolute atomic E-state index is 0.0201. The lowest BCUT2D eigenvalue weighted by Gasteiger charge is -2.22. The molecule has 4 amide bonds. The highest BCUT2D eigenvalue weighted by Gasteiger charge is 2.30. The second-order valence-corrected chi connectivity index (χ2v) is 6.97. The number of carbonyl (C=O) groups is 5. The number of aromatic nitrogens is 1. The van der Waals surface area contributed by atoms with Crippen molar-refractivity contribution < 1.29 is 29.1 Å². The van der Waals surface area contributed by atoms with E-state index in [2.05, 4.69) is 15.6 Å². The molecule has 0 bridgehead atoms. The van der Waals surface area contributed by atoms with E-state index in [-0.39, 0.29) is 6.42 Å². The normalized spacial score (nSPS) is 13.7. The SMILES string of the molecule is NC(=O)C[C@H](NC(=O)[C@H](Cc1c[nH]c2ccccc12)NC(=O)[C@@H](N)CC(N)=O)C(=O)O. The Kier molecular flexibility index (Phi) is 7.69. The highest BCUT2D eigenvalue weighted by Crippen LogP contribution is 2.19. The topological polar surface area (TPSA) is 223 Å². The van der Waals surface area contributed by atoms with Crippen LogP contribution in [0.25, 0.3) is 10.9 Å². The summed E-state index contributed by atoms with van der Waals surface area (Å²) >= 11 is 0. The Morgan fingerprint density at radius 3 is 2.16 bits per heavy atom. The number of H-pyrrole nitrogens is 1. The predicted octanol–water partition coefficient (Wildman–Crippen LogP) is -2.16. The quantitative estimate of drug-likeness (QED) is 0.208. The van der Waals surface area contributed by atoms with Crippen molar-refractivity contribution in [2.75, 3.05) is 0 Å². The first kappa shape index (κ1) is 23.3. The van der Waals surface area contributed by atoms with Gasteiger partial charge in [-0.1, -0.05) is 18.2 Å². The van der Waals surface area contributed by atoms with Gasteiger partial charge in [0.2, 0.25) is 23.6 Å². The summed E-state index contributed by atoms with van der Waals surface area (Å²) in [6, 6.07) is 3.12. The molecule has 2 rings (SSSR count). The number of para-hydroxylation sites is 1. The van der Waals surface area contributed by atoms with Crippen molar-refractivity contribution in [2.24, 2.45) is 17.2 Å². The van der Waals surface area contributed by atoms with Crippen LogP contribution in [0.4, 0.5) is 0 Å². The monoisotopic (exact) mass is 432 g/mol. The summed E-state index contributed by atoms with van der Waals surface area (Å²) in [5, 5.41) is 14.6. The smallest absolute Gasteiger partial charge is 0.326 e. The van der Waals surface area contributed by atoms with Crippen LogP contribution in [0.1, 0.15) is 18.4 Å². The lowest BCUT2D eigenvalue weighted by Crippen LogP contribution is -2.56. The Labute approximate surface area is 176 Å². The Hall–Kier alpha value is -3.93. The van der Waals surface area contributed by atoms with Crippen molar-refractivity contribution in [2.45, 2.75) is 37.4 Å². The Balaban J connectivity index is 2.26. The molecule has 0 saturated carbocycles. The number of benzene rings is 1. The van der Waals surface area contributed by atoms with E-state index in [0.717, 1.165) is 10.9 Å². The van der Waals surface area contributed by atoms with E-state index in [1.54, 1.807) is 12.3 Å². The second-order valence-electron chi connectivity index (χ2n) is 6.97. The molecule has 0 aliphatic rings. The van der Waals surface area contributed by atoms with Gasteiger partial charge in [0.15, 0.2) is 0 Å². The van der Waals surface area contributed by atoms with E-state index in [1.807, 2.05) is 18.2 Å². The molecule has 12 nitrogen and oxygen atoms in total. The van der Waals surface area contributed by atoms with E-state index in [4.69, 9.17) is 17.2 Å². The molecule has 1 heterocycles. The number of hydrogen-bond acceptors (Lipinski definition) is 6. The standard InChI is InChI=1S/C19H24N6O6/c20-11(6-15(21)26)17(28)24-13(18(29)25-14(19(30)31)7-16(22)27)5-9-8-23-12-4-2-1-3-10(9)12/h1-4,8,11,13-14,23H,5-7,20H2,(H2,21,26)(H2,22,27)(H,24,28)(H,25,29)(H,30,31)/t11-,13-,14-/m0/s1. The van der Waals surface area contributed by atoms with Crippen LogP contribution in [-0.2, 0) is 30.4 Å². The molecular formula is C19H24N6O6. The average molecular weight is 432 g/mol. The van der Waals surface area contributed by atoms with Crippen LogP contribution in [-0.4, -0.2) is 57.8 Å². The van der Waals surface area contributed by atoms with E-state index < -0.39 is 60.6 Å². The van der Waals surface area contributed by atoms with Gasteiger partial charge in [0.1, 0.15) is 12.1 Å². The molecule has 2 aromatic rings. The van der Waals surface area contributed by atoms with Gasteiger partial charge in [0, 0.05) is 23.5 Å². The molecule has 31 heavy (non-hydrogen) atoms. The van der Waals surface area contributed by atoms with Gasteiger partial charge in [-0.25, -0.2) is 4.79 Å². The number of amides is 4. The maximum absolute atomic E-state index is 12.8. The number of rotatable bonds is 11. The third-order valence-corrected chi connectivity index (χ3v) is 4.51. The number of nitrogens with one attached hydrogen (secondary N) is 3. The zero-order chi connectivity index (χ0) is 23.1. The summed E-state index contributed by atoms with van der Waals surface area (Å²) < 4.78 is 0. The molecule has 0 fully saturated rings. The molecule has 0 spiro atoms. The first-order valence-electron chi connectivity index (χ1n) is 9.29. The predicted molar refractivity (Wildman–Crippen MR) is 109 cm³/mol. The molecule has 10 N–H and O–H groups in total. The van der Waals surface area contributed by atoms with Crippen molar-refractivity contribution in [3.63, 3.8) is 0 Å². The van der Waals surface area contributed by atoms with Crippen molar-refractivity contribution in [1.29, 1.82) is 0 Å². The third-order valence-electron chi connectivity index (χ3n) is 4.51. The lowest BCUT2D eigenvalue weighted by molar-refractivity contribution is -0.143. The number of carboxylic acids is 1. The van der Waals surface area contributed by atoms with E-state index in [9.17, 15) is 29.1 Å². The van der Waals surface area contributed by atoms with Gasteiger partial charge in [-0.2, -0.15) is 0 Å². The Morgan fingerprint density at radius 1 is 0.935 bits per heavy atom. The summed E-state index contributed by atoms with van der Waals surface area (Å²) in [6.45, 7) is 0. The van der Waals surface area contributed by atoms with Crippen LogP contribution >= 0.6 is 0 Å². The van der Waals surface area contributed by atoms with Crippen LogP contribution in [0.3, 0.4) is 0 Å². The van der Waals surface area contributed by atoms with Gasteiger partial charge in [-0.05, 0) is 11.6 Å². The van der Waals surface area contributed by atoms with Gasteiger partial charge in [-0.3, -0.25) is 19.2 Å². The maximum atomic E-state index is 12.8. The van der Waals surface area contributed by atoms with Gasteiger partial charge in [0.05, 0.1) is 18.9 Å². The maximum Gasteiger partial charge on any atom is 0.326 e. The average Bonchev–Trinajstić information content (AvgIpc) is 3.08. The van der Waals surface area contributed by atoms with E-state index in [1.165, 1.54) is 0 Å². The molecule has 1 aromatic heterocycles. The minimum Gasteiger partial charge on any atom is -0.480 e. The number of hydrogen-bond donors (Lipinski definition) is 7. The number of carbonyl (C=O) groups excluding carboxylic acids is 4. The van der Waals surface area contributed by atoms with Crippen LogP contribution in [0.15, 0.2) is 30.5 Å². The summed E-state index contributed by atoms with van der Waals surface area (Å²) in [6.07, 6.45) is 0.564. The summed E-state index contributed by atoms with van der Waals surface area (Å²) in [7, 11) is 0. The molecule has 0 saturated heterocycles. The highest BCUT2D eigenvalue weighted by molar-refractivity contribution is 5.95.